The van der Waals surface area contributed by atoms with Gasteiger partial charge < -0.3 is 15.3 Å². The molecule has 2 N–H and O–H groups in total. The lowest BCUT2D eigenvalue weighted by molar-refractivity contribution is 0.160. The van der Waals surface area contributed by atoms with Crippen LogP contribution in [0, 0.1) is 0 Å². The molecule has 0 spiro atoms. The molecule has 1 aliphatic rings. The minimum Gasteiger partial charge on any atom is -0.390 e. The molecule has 1 heterocycles. The molecule has 2 atom stereocenters. The number of aliphatic hydroxyl groups is 1. The Morgan fingerprint density at radius 3 is 2.44 bits per heavy atom. The first kappa shape index (κ1) is 6.99. The summed E-state index contributed by atoms with van der Waals surface area (Å²) in [6.45, 7) is 1.75. The highest BCUT2D eigenvalue weighted by molar-refractivity contribution is 4.85. The second kappa shape index (κ2) is 2.64. The van der Waals surface area contributed by atoms with E-state index in [0.717, 1.165) is 13.1 Å². The number of aliphatic hydroxyl groups excluding tert-OH is 1. The van der Waals surface area contributed by atoms with Crippen LogP contribution < -0.4 is 5.32 Å². The second-order valence-electron chi connectivity index (χ2n) is 2.68. The van der Waals surface area contributed by atoms with Crippen LogP contribution in [0.1, 0.15) is 0 Å². The molecule has 3 heteroatoms. The number of nitrogens with zero attached hydrogens (tertiary/aromatic N) is 1. The van der Waals surface area contributed by atoms with Gasteiger partial charge in [0.2, 0.25) is 0 Å². The number of likely N-dealkylation sites (N-methyl/N-ethyl adjacent to an activating group) is 2. The van der Waals surface area contributed by atoms with Crippen molar-refractivity contribution < 1.29 is 5.11 Å². The highest BCUT2D eigenvalue weighted by Gasteiger charge is 2.26. The lowest BCUT2D eigenvalue weighted by Crippen LogP contribution is -2.36. The number of likely N-dealkylation sites (tertiary alicyclic amines) is 1. The number of β-amino-alcohol motifs (C(OH)–C–C–N with tert-alkyl or cyclic N) is 1. The van der Waals surface area contributed by atoms with E-state index in [9.17, 15) is 5.11 Å². The molecule has 1 rings (SSSR count). The summed E-state index contributed by atoms with van der Waals surface area (Å²) in [4.78, 5) is 2.12. The van der Waals surface area contributed by atoms with Crippen LogP contribution >= 0.6 is 0 Å². The van der Waals surface area contributed by atoms with Gasteiger partial charge in [0.25, 0.3) is 0 Å². The van der Waals surface area contributed by atoms with Gasteiger partial charge in [-0.05, 0) is 14.1 Å². The molecule has 1 saturated heterocycles. The molecule has 0 aromatic rings. The Hall–Kier alpha value is -0.120. The van der Waals surface area contributed by atoms with Gasteiger partial charge in [0.15, 0.2) is 0 Å². The number of hydrogen-bond acceptors (Lipinski definition) is 3. The monoisotopic (exact) mass is 130 g/mol. The Morgan fingerprint density at radius 1 is 1.56 bits per heavy atom. The van der Waals surface area contributed by atoms with Crippen molar-refractivity contribution in [2.75, 3.05) is 27.2 Å². The molecule has 0 unspecified atom stereocenters. The van der Waals surface area contributed by atoms with E-state index in [1.54, 1.807) is 0 Å². The van der Waals surface area contributed by atoms with E-state index in [0.29, 0.717) is 0 Å². The highest BCUT2D eigenvalue weighted by Crippen LogP contribution is 2.05. The van der Waals surface area contributed by atoms with E-state index >= 15 is 0 Å². The van der Waals surface area contributed by atoms with Gasteiger partial charge in [0, 0.05) is 19.1 Å². The predicted molar refractivity (Wildman–Crippen MR) is 36.4 cm³/mol. The smallest absolute Gasteiger partial charge is 0.0832 e. The third-order valence-corrected chi connectivity index (χ3v) is 1.84. The Morgan fingerprint density at radius 2 is 2.22 bits per heavy atom. The van der Waals surface area contributed by atoms with Crippen LogP contribution in [0.15, 0.2) is 0 Å². The lowest BCUT2D eigenvalue weighted by Gasteiger charge is -2.10. The summed E-state index contributed by atoms with van der Waals surface area (Å²) in [6.07, 6.45) is -0.181. The number of nitrogens with one attached hydrogen (secondary N) is 1. The maximum atomic E-state index is 9.26. The Balaban J connectivity index is 2.38. The van der Waals surface area contributed by atoms with E-state index in [2.05, 4.69) is 10.2 Å². The van der Waals surface area contributed by atoms with Crippen LogP contribution in [-0.2, 0) is 0 Å². The van der Waals surface area contributed by atoms with Gasteiger partial charge >= 0.3 is 0 Å². The fourth-order valence-corrected chi connectivity index (χ4v) is 1.26. The molecule has 0 aromatic heterocycles. The zero-order chi connectivity index (χ0) is 6.85. The molecule has 3 nitrogen and oxygen atoms in total. The molecule has 0 bridgehead atoms. The van der Waals surface area contributed by atoms with Crippen LogP contribution in [0.3, 0.4) is 0 Å². The normalized spacial score (nSPS) is 37.7. The molecular formula is C6H14N2O. The second-order valence-corrected chi connectivity index (χ2v) is 2.68. The number of hydrogen-bond donors (Lipinski definition) is 2. The summed E-state index contributed by atoms with van der Waals surface area (Å²) in [5.74, 6) is 0. The van der Waals surface area contributed by atoms with E-state index in [1.165, 1.54) is 0 Å². The summed E-state index contributed by atoms with van der Waals surface area (Å²) in [5.41, 5.74) is 0. The van der Waals surface area contributed by atoms with Crippen molar-refractivity contribution in [2.45, 2.75) is 12.1 Å². The van der Waals surface area contributed by atoms with Gasteiger partial charge in [-0.3, -0.25) is 0 Å². The summed E-state index contributed by atoms with van der Waals surface area (Å²) >= 11 is 0. The summed E-state index contributed by atoms with van der Waals surface area (Å²) in [5, 5.41) is 12.3. The fraction of sp³-hybridized carbons (Fsp3) is 1.00. The van der Waals surface area contributed by atoms with E-state index in [-0.39, 0.29) is 12.1 Å². The predicted octanol–water partition coefficient (Wildman–Crippen LogP) is -1.12. The zero-order valence-corrected chi connectivity index (χ0v) is 5.96. The fourth-order valence-electron chi connectivity index (χ4n) is 1.26. The topological polar surface area (TPSA) is 35.5 Å². The molecule has 54 valence electrons. The van der Waals surface area contributed by atoms with Crippen LogP contribution in [0.2, 0.25) is 0 Å². The van der Waals surface area contributed by atoms with Crippen LogP contribution in [0.25, 0.3) is 0 Å². The molecule has 0 radical (unpaired) electrons. The third kappa shape index (κ3) is 1.41. The van der Waals surface area contributed by atoms with E-state index in [4.69, 9.17) is 0 Å². The number of rotatable bonds is 1. The van der Waals surface area contributed by atoms with Crippen molar-refractivity contribution in [3.8, 4) is 0 Å². The van der Waals surface area contributed by atoms with Gasteiger partial charge in [-0.2, -0.15) is 0 Å². The first-order valence-corrected chi connectivity index (χ1v) is 3.28. The molecule has 0 aromatic carbocycles. The Labute approximate surface area is 55.7 Å². The summed E-state index contributed by atoms with van der Waals surface area (Å²) < 4.78 is 0. The SMILES string of the molecule is CN[C@@H]1CN(C)C[C@H]1O. The van der Waals surface area contributed by atoms with Crippen molar-refractivity contribution in [2.24, 2.45) is 0 Å². The van der Waals surface area contributed by atoms with E-state index < -0.39 is 0 Å². The summed E-state index contributed by atoms with van der Waals surface area (Å²) in [7, 11) is 3.90. The molecular weight excluding hydrogens is 116 g/mol. The van der Waals surface area contributed by atoms with Gasteiger partial charge in [-0.25, -0.2) is 0 Å². The quantitative estimate of drug-likeness (QED) is 0.472. The first-order chi connectivity index (χ1) is 4.24. The molecule has 0 amide bonds. The molecule has 0 aliphatic carbocycles. The molecule has 0 saturated carbocycles. The van der Waals surface area contributed by atoms with E-state index in [1.807, 2.05) is 14.1 Å². The maximum absolute atomic E-state index is 9.26. The molecule has 9 heavy (non-hydrogen) atoms. The summed E-state index contributed by atoms with van der Waals surface area (Å²) in [6, 6.07) is 0.273. The van der Waals surface area contributed by atoms with Crippen LogP contribution in [0.5, 0.6) is 0 Å². The third-order valence-electron chi connectivity index (χ3n) is 1.84. The van der Waals surface area contributed by atoms with Crippen molar-refractivity contribution in [1.82, 2.24) is 10.2 Å². The van der Waals surface area contributed by atoms with Crippen LogP contribution in [0.4, 0.5) is 0 Å². The standard InChI is InChI=1S/C6H14N2O/c1-7-5-3-8(2)4-6(5)9/h5-7,9H,3-4H2,1-2H3/t5-,6-/m1/s1. The van der Waals surface area contributed by atoms with Crippen molar-refractivity contribution in [3.05, 3.63) is 0 Å². The molecule has 1 fully saturated rings. The minimum atomic E-state index is -0.181. The Kier molecular flexibility index (Phi) is 2.05. The first-order valence-electron chi connectivity index (χ1n) is 3.28. The average molecular weight is 130 g/mol. The lowest BCUT2D eigenvalue weighted by atomic mass is 10.2. The van der Waals surface area contributed by atoms with Gasteiger partial charge in [0.05, 0.1) is 6.10 Å². The van der Waals surface area contributed by atoms with Crippen LogP contribution in [-0.4, -0.2) is 49.3 Å². The van der Waals surface area contributed by atoms with Gasteiger partial charge in [-0.1, -0.05) is 0 Å². The van der Waals surface area contributed by atoms with Crippen molar-refractivity contribution >= 4 is 0 Å². The highest BCUT2D eigenvalue weighted by atomic mass is 16.3. The van der Waals surface area contributed by atoms with Crippen molar-refractivity contribution in [1.29, 1.82) is 0 Å². The van der Waals surface area contributed by atoms with Gasteiger partial charge in [-0.15, -0.1) is 0 Å². The molecule has 1 aliphatic heterocycles. The average Bonchev–Trinajstić information content (AvgIpc) is 2.10. The minimum absolute atomic E-state index is 0.181. The maximum Gasteiger partial charge on any atom is 0.0832 e. The zero-order valence-electron chi connectivity index (χ0n) is 5.96. The van der Waals surface area contributed by atoms with Gasteiger partial charge in [0.1, 0.15) is 0 Å². The largest absolute Gasteiger partial charge is 0.390 e. The Bertz CT molecular complexity index is 97.1. The van der Waals surface area contributed by atoms with Crippen molar-refractivity contribution in [3.63, 3.8) is 0 Å².